The van der Waals surface area contributed by atoms with E-state index in [2.05, 4.69) is 10.1 Å². The molecule has 1 aliphatic rings. The first kappa shape index (κ1) is 17.0. The minimum Gasteiger partial charge on any atom is -0.383 e. The van der Waals surface area contributed by atoms with Crippen LogP contribution >= 0.6 is 0 Å². The standard InChI is InChI=1S/C20H19N5O2/c21-19-16(13-23-25(19)15-7-2-1-3-8-15)18(26)17-9-5-11-24(17)20(27)14-6-4-10-22-12-14/h1-4,6-8,10,12-13,17H,5,9,11,21H2/t17-/m1/s1. The van der Waals surface area contributed by atoms with E-state index in [1.165, 1.54) is 17.1 Å². The zero-order valence-electron chi connectivity index (χ0n) is 14.7. The molecule has 1 fully saturated rings. The molecule has 7 heteroatoms. The number of amides is 1. The SMILES string of the molecule is Nc1c(C(=O)[C@H]2CCCN2C(=O)c2cccnc2)cnn1-c1ccccc1. The second-order valence-electron chi connectivity index (χ2n) is 6.45. The van der Waals surface area contributed by atoms with Crippen LogP contribution in [-0.2, 0) is 0 Å². The molecule has 0 spiro atoms. The van der Waals surface area contributed by atoms with Gasteiger partial charge in [-0.15, -0.1) is 0 Å². The molecule has 3 aromatic rings. The molecule has 0 saturated carbocycles. The Morgan fingerprint density at radius 3 is 2.63 bits per heavy atom. The number of carbonyl (C=O) groups excluding carboxylic acids is 2. The van der Waals surface area contributed by atoms with Crippen molar-refractivity contribution in [1.29, 1.82) is 0 Å². The molecule has 1 aliphatic heterocycles. The van der Waals surface area contributed by atoms with Crippen LogP contribution in [0.2, 0.25) is 0 Å². The molecule has 4 rings (SSSR count). The number of para-hydroxylation sites is 1. The lowest BCUT2D eigenvalue weighted by molar-refractivity contribution is 0.0671. The fourth-order valence-electron chi connectivity index (χ4n) is 3.44. The summed E-state index contributed by atoms with van der Waals surface area (Å²) in [7, 11) is 0. The quantitative estimate of drug-likeness (QED) is 0.720. The van der Waals surface area contributed by atoms with Gasteiger partial charge in [-0.05, 0) is 37.1 Å². The minimum absolute atomic E-state index is 0.176. The van der Waals surface area contributed by atoms with Crippen LogP contribution in [-0.4, -0.2) is 43.9 Å². The lowest BCUT2D eigenvalue weighted by atomic mass is 10.0. The summed E-state index contributed by atoms with van der Waals surface area (Å²) in [5, 5.41) is 4.26. The summed E-state index contributed by atoms with van der Waals surface area (Å²) in [4.78, 5) is 31.5. The van der Waals surface area contributed by atoms with Crippen molar-refractivity contribution in [3.63, 3.8) is 0 Å². The third-order valence-electron chi connectivity index (χ3n) is 4.80. The Balaban J connectivity index is 1.61. The molecule has 27 heavy (non-hydrogen) atoms. The molecule has 7 nitrogen and oxygen atoms in total. The molecule has 2 N–H and O–H groups in total. The van der Waals surface area contributed by atoms with Crippen LogP contribution in [0.25, 0.3) is 5.69 Å². The van der Waals surface area contributed by atoms with Gasteiger partial charge >= 0.3 is 0 Å². The number of carbonyl (C=O) groups is 2. The number of benzene rings is 1. The molecule has 2 aromatic heterocycles. The van der Waals surface area contributed by atoms with Gasteiger partial charge in [0, 0.05) is 18.9 Å². The number of rotatable bonds is 4. The van der Waals surface area contributed by atoms with Crippen LogP contribution in [0.1, 0.15) is 33.6 Å². The number of nitrogens with two attached hydrogens (primary N) is 1. The van der Waals surface area contributed by atoms with E-state index >= 15 is 0 Å². The van der Waals surface area contributed by atoms with E-state index in [4.69, 9.17) is 5.73 Å². The Labute approximate surface area is 156 Å². The molecule has 136 valence electrons. The number of nitrogen functional groups attached to an aromatic ring is 1. The molecule has 0 aliphatic carbocycles. The summed E-state index contributed by atoms with van der Waals surface area (Å²) in [6.07, 6.45) is 6.00. The van der Waals surface area contributed by atoms with Gasteiger partial charge in [-0.1, -0.05) is 18.2 Å². The Bertz CT molecular complexity index is 969. The summed E-state index contributed by atoms with van der Waals surface area (Å²) in [5.41, 5.74) is 7.80. The highest BCUT2D eigenvalue weighted by atomic mass is 16.2. The number of aromatic nitrogens is 3. The predicted molar refractivity (Wildman–Crippen MR) is 101 cm³/mol. The lowest BCUT2D eigenvalue weighted by Gasteiger charge is -2.23. The average Bonchev–Trinajstić information content (AvgIpc) is 3.35. The summed E-state index contributed by atoms with van der Waals surface area (Å²) in [5.74, 6) is -0.0794. The van der Waals surface area contributed by atoms with Gasteiger partial charge < -0.3 is 10.6 Å². The Kier molecular flexibility index (Phi) is 4.42. The van der Waals surface area contributed by atoms with Crippen molar-refractivity contribution in [2.75, 3.05) is 12.3 Å². The van der Waals surface area contributed by atoms with Gasteiger partial charge in [-0.3, -0.25) is 14.6 Å². The molecule has 1 amide bonds. The Hall–Kier alpha value is -3.48. The van der Waals surface area contributed by atoms with Crippen molar-refractivity contribution < 1.29 is 9.59 Å². The van der Waals surface area contributed by atoms with Crippen molar-refractivity contribution in [3.8, 4) is 5.69 Å². The molecule has 3 heterocycles. The van der Waals surface area contributed by atoms with Crippen molar-refractivity contribution in [2.24, 2.45) is 0 Å². The highest BCUT2D eigenvalue weighted by Crippen LogP contribution is 2.26. The number of likely N-dealkylation sites (tertiary alicyclic amines) is 1. The van der Waals surface area contributed by atoms with E-state index < -0.39 is 6.04 Å². The van der Waals surface area contributed by atoms with Crippen LogP contribution in [0.3, 0.4) is 0 Å². The zero-order valence-corrected chi connectivity index (χ0v) is 14.7. The lowest BCUT2D eigenvalue weighted by Crippen LogP contribution is -2.40. The number of nitrogens with zero attached hydrogens (tertiary/aromatic N) is 4. The van der Waals surface area contributed by atoms with E-state index in [9.17, 15) is 9.59 Å². The van der Waals surface area contributed by atoms with Crippen molar-refractivity contribution in [2.45, 2.75) is 18.9 Å². The largest absolute Gasteiger partial charge is 0.383 e. The van der Waals surface area contributed by atoms with Crippen molar-refractivity contribution >= 4 is 17.5 Å². The minimum atomic E-state index is -0.534. The summed E-state index contributed by atoms with van der Waals surface area (Å²) < 4.78 is 1.54. The van der Waals surface area contributed by atoms with Gasteiger partial charge in [-0.2, -0.15) is 5.10 Å². The maximum Gasteiger partial charge on any atom is 0.256 e. The Morgan fingerprint density at radius 2 is 1.89 bits per heavy atom. The number of anilines is 1. The van der Waals surface area contributed by atoms with Gasteiger partial charge in [0.05, 0.1) is 29.1 Å². The third-order valence-corrected chi connectivity index (χ3v) is 4.80. The van der Waals surface area contributed by atoms with E-state index in [1.54, 1.807) is 23.2 Å². The average molecular weight is 361 g/mol. The smallest absolute Gasteiger partial charge is 0.256 e. The van der Waals surface area contributed by atoms with E-state index in [1.807, 2.05) is 30.3 Å². The predicted octanol–water partition coefficient (Wildman–Crippen LogP) is 2.34. The molecule has 0 unspecified atom stereocenters. The molecule has 0 radical (unpaired) electrons. The van der Waals surface area contributed by atoms with E-state index in [0.717, 1.165) is 12.1 Å². The van der Waals surface area contributed by atoms with Crippen LogP contribution in [0.5, 0.6) is 0 Å². The number of hydrogen-bond acceptors (Lipinski definition) is 5. The van der Waals surface area contributed by atoms with E-state index in [0.29, 0.717) is 24.1 Å². The first-order chi connectivity index (χ1) is 13.2. The van der Waals surface area contributed by atoms with Gasteiger partial charge in [0.2, 0.25) is 0 Å². The van der Waals surface area contributed by atoms with Crippen molar-refractivity contribution in [1.82, 2.24) is 19.7 Å². The molecule has 1 saturated heterocycles. The maximum atomic E-state index is 13.1. The first-order valence-corrected chi connectivity index (χ1v) is 8.81. The van der Waals surface area contributed by atoms with Crippen LogP contribution in [0.4, 0.5) is 5.82 Å². The summed E-state index contributed by atoms with van der Waals surface area (Å²) in [6.45, 7) is 0.539. The normalized spacial score (nSPS) is 16.4. The fourth-order valence-corrected chi connectivity index (χ4v) is 3.44. The van der Waals surface area contributed by atoms with Crippen molar-refractivity contribution in [3.05, 3.63) is 72.2 Å². The number of pyridine rings is 1. The van der Waals surface area contributed by atoms with Crippen LogP contribution in [0.15, 0.2) is 61.1 Å². The highest BCUT2D eigenvalue weighted by Gasteiger charge is 2.36. The van der Waals surface area contributed by atoms with E-state index in [-0.39, 0.29) is 17.5 Å². The molecular weight excluding hydrogens is 342 g/mol. The Morgan fingerprint density at radius 1 is 1.07 bits per heavy atom. The van der Waals surface area contributed by atoms with Gasteiger partial charge in [-0.25, -0.2) is 4.68 Å². The third kappa shape index (κ3) is 3.08. The van der Waals surface area contributed by atoms with Crippen LogP contribution < -0.4 is 5.73 Å². The molecular formula is C20H19N5O2. The molecule has 1 aromatic carbocycles. The summed E-state index contributed by atoms with van der Waals surface area (Å²) in [6, 6.07) is 12.3. The maximum absolute atomic E-state index is 13.1. The second kappa shape index (κ2) is 7.03. The topological polar surface area (TPSA) is 94.1 Å². The molecule has 0 bridgehead atoms. The molecule has 1 atom stereocenters. The monoisotopic (exact) mass is 361 g/mol. The second-order valence-corrected chi connectivity index (χ2v) is 6.45. The highest BCUT2D eigenvalue weighted by molar-refractivity contribution is 6.07. The number of ketones is 1. The first-order valence-electron chi connectivity index (χ1n) is 8.81. The van der Waals surface area contributed by atoms with Crippen LogP contribution in [0, 0.1) is 0 Å². The fraction of sp³-hybridized carbons (Fsp3) is 0.200. The van der Waals surface area contributed by atoms with Gasteiger partial charge in [0.15, 0.2) is 5.78 Å². The van der Waals surface area contributed by atoms with Gasteiger partial charge in [0.25, 0.3) is 5.91 Å². The van der Waals surface area contributed by atoms with Gasteiger partial charge in [0.1, 0.15) is 5.82 Å². The number of Topliss-reactive ketones (excluding diaryl/α,β-unsaturated/α-hetero) is 1. The summed E-state index contributed by atoms with van der Waals surface area (Å²) >= 11 is 0. The number of hydrogen-bond donors (Lipinski definition) is 1. The zero-order chi connectivity index (χ0) is 18.8.